The lowest BCUT2D eigenvalue weighted by Gasteiger charge is -2.21. The number of hydrogen-bond acceptors (Lipinski definition) is 3. The molecule has 1 heterocycles. The normalized spacial score (nSPS) is 15.0. The number of ether oxygens (including phenoxy) is 1. The number of nitrogens with zero attached hydrogens (tertiary/aromatic N) is 2. The van der Waals surface area contributed by atoms with Crippen LogP contribution in [0.15, 0.2) is 60.7 Å². The molecule has 1 aromatic heterocycles. The van der Waals surface area contributed by atoms with Gasteiger partial charge in [0.25, 0.3) is 0 Å². The summed E-state index contributed by atoms with van der Waals surface area (Å²) in [5.74, 6) is 1.38. The first-order valence-corrected chi connectivity index (χ1v) is 10.8. The van der Waals surface area contributed by atoms with Gasteiger partial charge in [0.1, 0.15) is 11.4 Å². The molecule has 1 aliphatic rings. The summed E-state index contributed by atoms with van der Waals surface area (Å²) in [4.78, 5) is 13.7. The van der Waals surface area contributed by atoms with Crippen LogP contribution in [0.1, 0.15) is 48.2 Å². The standard InChI is InChI=1S/C26H26N2O2/c1-30-24-16-15-21(19-11-5-6-12-20(19)24)26(29)25-22-13-7-8-14-23(22)28(27-25)17-18-9-3-2-4-10-18/h5-8,11-16,18H,2-4,9-10,17H2,1H3. The average molecular weight is 399 g/mol. The molecule has 0 amide bonds. The number of carbonyl (C=O) groups excluding carboxylic acids is 1. The molecule has 0 saturated heterocycles. The minimum absolute atomic E-state index is 0.0348. The van der Waals surface area contributed by atoms with Crippen LogP contribution in [0.5, 0.6) is 5.75 Å². The first-order chi connectivity index (χ1) is 14.8. The van der Waals surface area contributed by atoms with Crippen LogP contribution < -0.4 is 4.74 Å². The second-order valence-electron chi connectivity index (χ2n) is 8.24. The van der Waals surface area contributed by atoms with Crippen LogP contribution in [0.4, 0.5) is 0 Å². The van der Waals surface area contributed by atoms with Gasteiger partial charge in [0, 0.05) is 22.9 Å². The van der Waals surface area contributed by atoms with Crippen LogP contribution in [0, 0.1) is 5.92 Å². The highest BCUT2D eigenvalue weighted by atomic mass is 16.5. The third-order valence-corrected chi connectivity index (χ3v) is 6.38. The molecule has 0 radical (unpaired) electrons. The summed E-state index contributed by atoms with van der Waals surface area (Å²) in [6, 6.07) is 19.7. The van der Waals surface area contributed by atoms with Gasteiger partial charge in [-0.05, 0) is 42.3 Å². The van der Waals surface area contributed by atoms with E-state index in [2.05, 4.69) is 10.7 Å². The molecule has 0 bridgehead atoms. The van der Waals surface area contributed by atoms with Crippen molar-refractivity contribution in [2.24, 2.45) is 5.92 Å². The van der Waals surface area contributed by atoms with Crippen molar-refractivity contribution >= 4 is 27.5 Å². The first-order valence-electron chi connectivity index (χ1n) is 10.8. The minimum Gasteiger partial charge on any atom is -0.496 e. The molecule has 0 aliphatic heterocycles. The maximum atomic E-state index is 13.7. The fraction of sp³-hybridized carbons (Fsp3) is 0.308. The van der Waals surface area contributed by atoms with Crippen molar-refractivity contribution in [2.45, 2.75) is 38.6 Å². The third kappa shape index (κ3) is 3.26. The van der Waals surface area contributed by atoms with Crippen molar-refractivity contribution in [2.75, 3.05) is 7.11 Å². The number of fused-ring (bicyclic) bond motifs is 2. The molecular formula is C26H26N2O2. The van der Waals surface area contributed by atoms with E-state index >= 15 is 0 Å². The summed E-state index contributed by atoms with van der Waals surface area (Å²) in [5.41, 5.74) is 2.25. The van der Waals surface area contributed by atoms with Gasteiger partial charge in [-0.3, -0.25) is 9.48 Å². The van der Waals surface area contributed by atoms with Gasteiger partial charge >= 0.3 is 0 Å². The highest BCUT2D eigenvalue weighted by molar-refractivity contribution is 6.20. The van der Waals surface area contributed by atoms with Gasteiger partial charge in [-0.2, -0.15) is 5.10 Å². The summed E-state index contributed by atoms with van der Waals surface area (Å²) in [7, 11) is 1.66. The van der Waals surface area contributed by atoms with Gasteiger partial charge in [-0.25, -0.2) is 0 Å². The second kappa shape index (κ2) is 7.94. The highest BCUT2D eigenvalue weighted by Crippen LogP contribution is 2.32. The van der Waals surface area contributed by atoms with E-state index in [9.17, 15) is 4.79 Å². The smallest absolute Gasteiger partial charge is 0.214 e. The molecule has 0 atom stereocenters. The van der Waals surface area contributed by atoms with E-state index in [4.69, 9.17) is 9.84 Å². The Balaban J connectivity index is 1.60. The van der Waals surface area contributed by atoms with Crippen LogP contribution in [0.3, 0.4) is 0 Å². The Morgan fingerprint density at radius 2 is 1.63 bits per heavy atom. The summed E-state index contributed by atoms with van der Waals surface area (Å²) in [6.07, 6.45) is 6.44. The fourth-order valence-corrected chi connectivity index (χ4v) is 4.82. The van der Waals surface area contributed by atoms with Gasteiger partial charge in [-0.15, -0.1) is 0 Å². The lowest BCUT2D eigenvalue weighted by molar-refractivity contribution is 0.103. The molecule has 3 aromatic carbocycles. The van der Waals surface area contributed by atoms with Gasteiger partial charge in [0.05, 0.1) is 12.6 Å². The highest BCUT2D eigenvalue weighted by Gasteiger charge is 2.23. The van der Waals surface area contributed by atoms with E-state index in [1.807, 2.05) is 54.6 Å². The second-order valence-corrected chi connectivity index (χ2v) is 8.24. The predicted molar refractivity (Wildman–Crippen MR) is 120 cm³/mol. The predicted octanol–water partition coefficient (Wildman–Crippen LogP) is 6.01. The fourth-order valence-electron chi connectivity index (χ4n) is 4.82. The van der Waals surface area contributed by atoms with Crippen LogP contribution >= 0.6 is 0 Å². The zero-order valence-corrected chi connectivity index (χ0v) is 17.3. The van der Waals surface area contributed by atoms with E-state index in [1.165, 1.54) is 32.1 Å². The van der Waals surface area contributed by atoms with Gasteiger partial charge < -0.3 is 4.74 Å². The van der Waals surface area contributed by atoms with Crippen molar-refractivity contribution in [1.82, 2.24) is 9.78 Å². The average Bonchev–Trinajstić information content (AvgIpc) is 3.17. The van der Waals surface area contributed by atoms with E-state index in [0.29, 0.717) is 17.2 Å². The number of para-hydroxylation sites is 1. The minimum atomic E-state index is -0.0348. The molecule has 1 saturated carbocycles. The molecule has 4 heteroatoms. The summed E-state index contributed by atoms with van der Waals surface area (Å²) in [6.45, 7) is 0.886. The van der Waals surface area contributed by atoms with Crippen LogP contribution in [-0.4, -0.2) is 22.7 Å². The molecule has 0 N–H and O–H groups in total. The molecule has 1 fully saturated rings. The van der Waals surface area contributed by atoms with Crippen molar-refractivity contribution in [3.05, 3.63) is 71.9 Å². The zero-order chi connectivity index (χ0) is 20.5. The molecule has 4 aromatic rings. The van der Waals surface area contributed by atoms with Crippen LogP contribution in [-0.2, 0) is 6.54 Å². The molecular weight excluding hydrogens is 372 g/mol. The number of carbonyl (C=O) groups is 1. The Morgan fingerprint density at radius 1 is 0.933 bits per heavy atom. The molecule has 152 valence electrons. The summed E-state index contributed by atoms with van der Waals surface area (Å²) in [5, 5.41) is 7.61. The lowest BCUT2D eigenvalue weighted by atomic mass is 9.89. The number of ketones is 1. The number of hydrogen-bond donors (Lipinski definition) is 0. The first kappa shape index (κ1) is 18.9. The molecule has 1 aliphatic carbocycles. The molecule has 0 spiro atoms. The van der Waals surface area contributed by atoms with Gasteiger partial charge in [0.2, 0.25) is 5.78 Å². The van der Waals surface area contributed by atoms with Crippen LogP contribution in [0.25, 0.3) is 21.7 Å². The van der Waals surface area contributed by atoms with Crippen LogP contribution in [0.2, 0.25) is 0 Å². The van der Waals surface area contributed by atoms with E-state index < -0.39 is 0 Å². The van der Waals surface area contributed by atoms with E-state index in [1.54, 1.807) is 7.11 Å². The maximum Gasteiger partial charge on any atom is 0.214 e. The van der Waals surface area contributed by atoms with Crippen molar-refractivity contribution in [1.29, 1.82) is 0 Å². The monoisotopic (exact) mass is 398 g/mol. The lowest BCUT2D eigenvalue weighted by Crippen LogP contribution is -2.15. The molecule has 5 rings (SSSR count). The van der Waals surface area contributed by atoms with Crippen molar-refractivity contribution < 1.29 is 9.53 Å². The Bertz CT molecular complexity index is 1220. The number of benzene rings is 3. The summed E-state index contributed by atoms with van der Waals surface area (Å²) < 4.78 is 7.56. The van der Waals surface area contributed by atoms with Gasteiger partial charge in [-0.1, -0.05) is 61.7 Å². The number of aromatic nitrogens is 2. The van der Waals surface area contributed by atoms with E-state index in [-0.39, 0.29) is 5.78 Å². The Kier molecular flexibility index (Phi) is 4.99. The number of rotatable bonds is 5. The van der Waals surface area contributed by atoms with Crippen molar-refractivity contribution in [3.63, 3.8) is 0 Å². The maximum absolute atomic E-state index is 13.7. The molecule has 30 heavy (non-hydrogen) atoms. The van der Waals surface area contributed by atoms with Crippen molar-refractivity contribution in [3.8, 4) is 5.75 Å². The summed E-state index contributed by atoms with van der Waals surface area (Å²) >= 11 is 0. The Labute approximate surface area is 176 Å². The zero-order valence-electron chi connectivity index (χ0n) is 17.3. The number of methoxy groups -OCH3 is 1. The van der Waals surface area contributed by atoms with E-state index in [0.717, 1.165) is 34.0 Å². The Hall–Kier alpha value is -3.14. The third-order valence-electron chi connectivity index (χ3n) is 6.38. The van der Waals surface area contributed by atoms with Gasteiger partial charge in [0.15, 0.2) is 0 Å². The SMILES string of the molecule is COc1ccc(C(=O)c2nn(CC3CCCCC3)c3ccccc23)c2ccccc12. The topological polar surface area (TPSA) is 44.1 Å². The molecule has 0 unspecified atom stereocenters. The quantitative estimate of drug-likeness (QED) is 0.387. The largest absolute Gasteiger partial charge is 0.496 e. The molecule has 4 nitrogen and oxygen atoms in total. The Morgan fingerprint density at radius 3 is 2.40 bits per heavy atom.